The van der Waals surface area contributed by atoms with Crippen LogP contribution in [0.15, 0.2) is 67.0 Å². The van der Waals surface area contributed by atoms with Crippen LogP contribution in [0, 0.1) is 11.3 Å². The van der Waals surface area contributed by atoms with E-state index >= 15 is 0 Å². The molecule has 5 heteroatoms. The van der Waals surface area contributed by atoms with Crippen LogP contribution in [0.1, 0.15) is 34.7 Å². The Bertz CT molecular complexity index is 835. The van der Waals surface area contributed by atoms with Crippen LogP contribution in [-0.2, 0) is 6.54 Å². The summed E-state index contributed by atoms with van der Waals surface area (Å²) >= 11 is 0. The number of nitrogens with zero attached hydrogens (tertiary/aromatic N) is 3. The Morgan fingerprint density at radius 2 is 1.71 bits per heavy atom. The third-order valence-corrected chi connectivity index (χ3v) is 3.90. The van der Waals surface area contributed by atoms with Gasteiger partial charge < -0.3 is 14.8 Å². The number of nitriles is 1. The normalized spacial score (nSPS) is 13.2. The molecule has 2 aromatic carbocycles. The molecule has 24 heavy (non-hydrogen) atoms. The van der Waals surface area contributed by atoms with Gasteiger partial charge in [0.15, 0.2) is 0 Å². The van der Waals surface area contributed by atoms with Gasteiger partial charge >= 0.3 is 0 Å². The Kier molecular flexibility index (Phi) is 4.71. The first kappa shape index (κ1) is 15.9. The highest BCUT2D eigenvalue weighted by atomic mass is 16.3. The maximum atomic E-state index is 10.5. The van der Waals surface area contributed by atoms with E-state index in [-0.39, 0.29) is 6.54 Å². The van der Waals surface area contributed by atoms with Crippen LogP contribution in [0.4, 0.5) is 0 Å². The Hall–Kier alpha value is -2.94. The molecular formula is C19H17N3O2. The van der Waals surface area contributed by atoms with E-state index in [2.05, 4.69) is 11.1 Å². The first-order valence-electron chi connectivity index (χ1n) is 7.61. The van der Waals surface area contributed by atoms with Gasteiger partial charge in [-0.1, -0.05) is 42.5 Å². The summed E-state index contributed by atoms with van der Waals surface area (Å²) in [6.07, 6.45) is 1.73. The van der Waals surface area contributed by atoms with Crippen LogP contribution in [-0.4, -0.2) is 19.8 Å². The van der Waals surface area contributed by atoms with E-state index < -0.39 is 12.2 Å². The van der Waals surface area contributed by atoms with Crippen molar-refractivity contribution in [3.63, 3.8) is 0 Å². The fraction of sp³-hybridized carbons (Fsp3) is 0.158. The lowest BCUT2D eigenvalue weighted by atomic mass is 10.1. The average Bonchev–Trinajstić information content (AvgIpc) is 3.10. The Balaban J connectivity index is 1.79. The van der Waals surface area contributed by atoms with Crippen molar-refractivity contribution in [2.24, 2.45) is 0 Å². The molecule has 0 bridgehead atoms. The molecule has 5 nitrogen and oxygen atoms in total. The van der Waals surface area contributed by atoms with E-state index in [1.165, 1.54) is 0 Å². The molecule has 120 valence electrons. The summed E-state index contributed by atoms with van der Waals surface area (Å²) in [5, 5.41) is 29.8. The summed E-state index contributed by atoms with van der Waals surface area (Å²) < 4.78 is 1.74. The molecule has 0 aliphatic rings. The van der Waals surface area contributed by atoms with Crippen molar-refractivity contribution in [2.45, 2.75) is 18.8 Å². The molecule has 0 unspecified atom stereocenters. The van der Waals surface area contributed by atoms with E-state index in [4.69, 9.17) is 5.26 Å². The predicted molar refractivity (Wildman–Crippen MR) is 88.8 cm³/mol. The summed E-state index contributed by atoms with van der Waals surface area (Å²) in [7, 11) is 0. The predicted octanol–water partition coefficient (Wildman–Crippen LogP) is 2.57. The average molecular weight is 319 g/mol. The van der Waals surface area contributed by atoms with E-state index in [1.54, 1.807) is 41.2 Å². The van der Waals surface area contributed by atoms with Crippen LogP contribution in [0.25, 0.3) is 0 Å². The number of imidazole rings is 1. The van der Waals surface area contributed by atoms with Crippen LogP contribution in [0.2, 0.25) is 0 Å². The monoisotopic (exact) mass is 319 g/mol. The fourth-order valence-electron chi connectivity index (χ4n) is 2.58. The highest BCUT2D eigenvalue weighted by Crippen LogP contribution is 2.23. The van der Waals surface area contributed by atoms with E-state index in [0.717, 1.165) is 5.56 Å². The molecule has 2 atom stereocenters. The second kappa shape index (κ2) is 7.09. The molecule has 0 saturated heterocycles. The zero-order valence-corrected chi connectivity index (χ0v) is 12.9. The lowest BCUT2D eigenvalue weighted by Gasteiger charge is -2.17. The molecule has 0 aliphatic carbocycles. The SMILES string of the molecule is N#Cc1ccc([C@H](O)Cn2ccnc2[C@H](O)c2ccccc2)cc1. The Labute approximate surface area is 140 Å². The van der Waals surface area contributed by atoms with Gasteiger partial charge in [0.2, 0.25) is 0 Å². The smallest absolute Gasteiger partial charge is 0.142 e. The summed E-state index contributed by atoms with van der Waals surface area (Å²) in [4.78, 5) is 4.23. The number of hydrogen-bond acceptors (Lipinski definition) is 4. The van der Waals surface area contributed by atoms with Crippen molar-refractivity contribution >= 4 is 0 Å². The second-order valence-electron chi connectivity index (χ2n) is 5.50. The van der Waals surface area contributed by atoms with Crippen molar-refractivity contribution < 1.29 is 10.2 Å². The number of aliphatic hydroxyl groups excluding tert-OH is 2. The van der Waals surface area contributed by atoms with Crippen molar-refractivity contribution in [3.05, 3.63) is 89.5 Å². The number of aliphatic hydroxyl groups is 2. The van der Waals surface area contributed by atoms with Crippen LogP contribution in [0.3, 0.4) is 0 Å². The maximum Gasteiger partial charge on any atom is 0.142 e. The van der Waals surface area contributed by atoms with Crippen LogP contribution in [0.5, 0.6) is 0 Å². The molecule has 0 spiro atoms. The second-order valence-corrected chi connectivity index (χ2v) is 5.50. The van der Waals surface area contributed by atoms with Crippen molar-refractivity contribution in [3.8, 4) is 6.07 Å². The lowest BCUT2D eigenvalue weighted by molar-refractivity contribution is 0.147. The first-order valence-corrected chi connectivity index (χ1v) is 7.61. The lowest BCUT2D eigenvalue weighted by Crippen LogP contribution is -2.14. The first-order chi connectivity index (χ1) is 11.7. The summed E-state index contributed by atoms with van der Waals surface area (Å²) in [6.45, 7) is 0.269. The van der Waals surface area contributed by atoms with Crippen molar-refractivity contribution in [2.75, 3.05) is 0 Å². The molecule has 2 N–H and O–H groups in total. The number of hydrogen-bond donors (Lipinski definition) is 2. The summed E-state index contributed by atoms with van der Waals surface area (Å²) in [5.74, 6) is 0.480. The van der Waals surface area contributed by atoms with Gasteiger partial charge in [-0.2, -0.15) is 5.26 Å². The third kappa shape index (κ3) is 3.35. The standard InChI is InChI=1S/C19H17N3O2/c20-12-14-6-8-15(9-7-14)17(23)13-22-11-10-21-19(22)18(24)16-4-2-1-3-5-16/h1-11,17-18,23-24H,13H2/t17-,18-/m1/s1. The molecule has 1 aromatic heterocycles. The third-order valence-electron chi connectivity index (χ3n) is 3.90. The largest absolute Gasteiger partial charge is 0.387 e. The summed E-state index contributed by atoms with van der Waals surface area (Å²) in [5.41, 5.74) is 2.01. The van der Waals surface area contributed by atoms with E-state index in [1.807, 2.05) is 30.3 Å². The highest BCUT2D eigenvalue weighted by Gasteiger charge is 2.18. The Morgan fingerprint density at radius 3 is 2.38 bits per heavy atom. The van der Waals surface area contributed by atoms with Crippen LogP contribution < -0.4 is 0 Å². The molecule has 0 fully saturated rings. The zero-order chi connectivity index (χ0) is 16.9. The maximum absolute atomic E-state index is 10.5. The van der Waals surface area contributed by atoms with Gasteiger partial charge in [-0.3, -0.25) is 0 Å². The van der Waals surface area contributed by atoms with Gasteiger partial charge in [0.25, 0.3) is 0 Å². The van der Waals surface area contributed by atoms with Crippen LogP contribution >= 0.6 is 0 Å². The van der Waals surface area contributed by atoms with E-state index in [0.29, 0.717) is 17.0 Å². The Morgan fingerprint density at radius 1 is 1.00 bits per heavy atom. The van der Waals surface area contributed by atoms with E-state index in [9.17, 15) is 10.2 Å². The van der Waals surface area contributed by atoms with Gasteiger partial charge in [0.1, 0.15) is 11.9 Å². The molecule has 3 aromatic rings. The number of rotatable bonds is 5. The molecular weight excluding hydrogens is 302 g/mol. The van der Waals surface area contributed by atoms with Gasteiger partial charge in [-0.15, -0.1) is 0 Å². The summed E-state index contributed by atoms with van der Waals surface area (Å²) in [6, 6.07) is 18.1. The molecule has 0 saturated carbocycles. The molecule has 3 rings (SSSR count). The number of benzene rings is 2. The highest BCUT2D eigenvalue weighted by molar-refractivity contribution is 5.32. The van der Waals surface area contributed by atoms with Gasteiger partial charge in [0, 0.05) is 12.4 Å². The van der Waals surface area contributed by atoms with Gasteiger partial charge in [0.05, 0.1) is 24.3 Å². The topological polar surface area (TPSA) is 82.1 Å². The molecule has 1 heterocycles. The molecule has 0 amide bonds. The number of aromatic nitrogens is 2. The quantitative estimate of drug-likeness (QED) is 0.757. The van der Waals surface area contributed by atoms with Crippen molar-refractivity contribution in [1.29, 1.82) is 5.26 Å². The minimum absolute atomic E-state index is 0.269. The zero-order valence-electron chi connectivity index (χ0n) is 12.9. The minimum atomic E-state index is -0.852. The molecule has 0 aliphatic heterocycles. The van der Waals surface area contributed by atoms with Crippen molar-refractivity contribution in [1.82, 2.24) is 9.55 Å². The molecule has 0 radical (unpaired) electrons. The van der Waals surface area contributed by atoms with Gasteiger partial charge in [-0.25, -0.2) is 4.98 Å². The fourth-order valence-corrected chi connectivity index (χ4v) is 2.58. The minimum Gasteiger partial charge on any atom is -0.387 e. The van der Waals surface area contributed by atoms with Gasteiger partial charge in [-0.05, 0) is 23.3 Å².